The van der Waals surface area contributed by atoms with Gasteiger partial charge in [-0.2, -0.15) is 52.7 Å². The van der Waals surface area contributed by atoms with Crippen molar-refractivity contribution >= 4 is 18.4 Å². The zero-order valence-electron chi connectivity index (χ0n) is 26.5. The van der Waals surface area contributed by atoms with E-state index in [2.05, 4.69) is 39.9 Å². The molecule has 0 atom stereocenters. The van der Waals surface area contributed by atoms with E-state index < -0.39 is 59.6 Å². The number of ether oxygens (including phenoxy) is 1. The number of hydrogen-bond acceptors (Lipinski definition) is 11. The maximum atomic E-state index is 13.1. The second kappa shape index (κ2) is 16.3. The molecular formula is C28H24ClF12N9O2. The molecule has 284 valence electrons. The van der Waals surface area contributed by atoms with E-state index in [1.165, 1.54) is 0 Å². The van der Waals surface area contributed by atoms with Crippen LogP contribution in [0.4, 0.5) is 52.7 Å². The number of halogens is 13. The molecule has 4 rings (SSSR count). The van der Waals surface area contributed by atoms with Gasteiger partial charge in [0, 0.05) is 54.6 Å². The second-order valence-corrected chi connectivity index (χ2v) is 11.0. The number of alkyl halides is 12. The van der Waals surface area contributed by atoms with Gasteiger partial charge < -0.3 is 10.5 Å². The summed E-state index contributed by atoms with van der Waals surface area (Å²) in [6.07, 6.45) is -16.8. The monoisotopic (exact) mass is 781 g/mol. The molecule has 0 radical (unpaired) electrons. The highest BCUT2D eigenvalue weighted by atomic mass is 35.5. The molecule has 0 spiro atoms. The molecule has 11 nitrogen and oxygen atoms in total. The zero-order chi connectivity index (χ0) is 38.6. The number of carbonyl (C=O) groups excluding carboxylic acids is 1. The van der Waals surface area contributed by atoms with Crippen LogP contribution in [0.15, 0.2) is 36.9 Å². The van der Waals surface area contributed by atoms with E-state index in [-0.39, 0.29) is 65.7 Å². The van der Waals surface area contributed by atoms with Crippen molar-refractivity contribution < 1.29 is 62.2 Å². The third-order valence-electron chi connectivity index (χ3n) is 5.68. The SMILES string of the molecule is CC(C)(C)OC(=O)CCc1cc(-c2cnc(C(F)(F)F)nc2)nc(C(F)(F)F)n1.Cl.NCc1cc(-c2cnc(C(F)(F)F)nc2)nc(C(F)(F)F)n1. The van der Waals surface area contributed by atoms with E-state index >= 15 is 0 Å². The molecule has 52 heavy (non-hydrogen) atoms. The first kappa shape index (κ1) is 43.4. The van der Waals surface area contributed by atoms with Gasteiger partial charge in [0.1, 0.15) is 5.60 Å². The molecule has 4 aromatic heterocycles. The Kier molecular flexibility index (Phi) is 13.6. The Labute approximate surface area is 290 Å². The fourth-order valence-corrected chi connectivity index (χ4v) is 3.61. The quantitative estimate of drug-likeness (QED) is 0.157. The van der Waals surface area contributed by atoms with Crippen LogP contribution in [0.5, 0.6) is 0 Å². The molecule has 0 aromatic carbocycles. The number of nitrogens with two attached hydrogens (primary N) is 1. The normalized spacial score (nSPS) is 12.4. The molecule has 24 heteroatoms. The van der Waals surface area contributed by atoms with E-state index in [1.807, 2.05) is 0 Å². The van der Waals surface area contributed by atoms with Crippen LogP contribution in [0, 0.1) is 0 Å². The third-order valence-corrected chi connectivity index (χ3v) is 5.68. The number of carbonyl (C=O) groups is 1. The van der Waals surface area contributed by atoms with E-state index in [0.717, 1.165) is 36.9 Å². The van der Waals surface area contributed by atoms with Crippen molar-refractivity contribution in [3.8, 4) is 22.5 Å². The average molecular weight is 782 g/mol. The smallest absolute Gasteiger partial charge is 0.451 e. The lowest BCUT2D eigenvalue weighted by Crippen LogP contribution is -2.24. The van der Waals surface area contributed by atoms with Crippen LogP contribution in [-0.4, -0.2) is 51.4 Å². The highest BCUT2D eigenvalue weighted by molar-refractivity contribution is 5.85. The lowest BCUT2D eigenvalue weighted by Gasteiger charge is -2.19. The predicted octanol–water partition coefficient (Wildman–Crippen LogP) is 7.10. The molecular weight excluding hydrogens is 758 g/mol. The largest absolute Gasteiger partial charge is 0.460 e. The van der Waals surface area contributed by atoms with E-state index in [1.54, 1.807) is 20.8 Å². The summed E-state index contributed by atoms with van der Waals surface area (Å²) < 4.78 is 157. The van der Waals surface area contributed by atoms with Gasteiger partial charge in [-0.15, -0.1) is 12.4 Å². The predicted molar refractivity (Wildman–Crippen MR) is 155 cm³/mol. The van der Waals surface area contributed by atoms with Crippen molar-refractivity contribution in [3.63, 3.8) is 0 Å². The van der Waals surface area contributed by atoms with Crippen LogP contribution in [0.3, 0.4) is 0 Å². The number of aryl methyl sites for hydroxylation is 1. The van der Waals surface area contributed by atoms with E-state index in [9.17, 15) is 57.5 Å². The van der Waals surface area contributed by atoms with Gasteiger partial charge in [-0.25, -0.2) is 39.9 Å². The summed E-state index contributed by atoms with van der Waals surface area (Å²) in [5.74, 6) is -6.40. The van der Waals surface area contributed by atoms with Gasteiger partial charge in [0.25, 0.3) is 0 Å². The topological polar surface area (TPSA) is 155 Å². The first-order valence-electron chi connectivity index (χ1n) is 13.9. The Hall–Kier alpha value is -4.80. The summed E-state index contributed by atoms with van der Waals surface area (Å²) >= 11 is 0. The van der Waals surface area contributed by atoms with Gasteiger partial charge >= 0.3 is 30.7 Å². The molecule has 0 aliphatic heterocycles. The summed E-state index contributed by atoms with van der Waals surface area (Å²) in [5, 5.41) is 0. The average Bonchev–Trinajstić information content (AvgIpc) is 3.01. The molecule has 0 aliphatic carbocycles. The highest BCUT2D eigenvalue weighted by Gasteiger charge is 2.38. The Morgan fingerprint density at radius 1 is 0.596 bits per heavy atom. The third kappa shape index (κ3) is 12.8. The van der Waals surface area contributed by atoms with Crippen LogP contribution in [-0.2, 0) is 47.2 Å². The number of hydrogen-bond donors (Lipinski definition) is 1. The maximum absolute atomic E-state index is 13.1. The summed E-state index contributed by atoms with van der Waals surface area (Å²) in [7, 11) is 0. The minimum Gasteiger partial charge on any atom is -0.460 e. The summed E-state index contributed by atoms with van der Waals surface area (Å²) in [5.41, 5.74) is 3.38. The Morgan fingerprint density at radius 2 is 0.942 bits per heavy atom. The first-order valence-corrected chi connectivity index (χ1v) is 13.9. The maximum Gasteiger partial charge on any atom is 0.451 e. The van der Waals surface area contributed by atoms with Crippen molar-refractivity contribution in [1.29, 1.82) is 0 Å². The van der Waals surface area contributed by atoms with Gasteiger partial charge in [0.2, 0.25) is 23.3 Å². The standard InChI is InChI=1S/C17H16F6N4O2.C11H7F6N5.ClH/c1-15(2,3)29-12(28)5-4-10-6-11(27-14(26-10)17(21,22)23)9-7-24-13(25-8-9)16(18,19)20;12-10(13,14)8-19-3-5(4-20-8)7-1-6(2-18)21-9(22-7)11(15,16)17;/h6-8H,4-5H2,1-3H3;1,3-4H,2,18H2;1H. The minimum atomic E-state index is -4.90. The summed E-state index contributed by atoms with van der Waals surface area (Å²) in [6.45, 7) is 4.63. The fourth-order valence-electron chi connectivity index (χ4n) is 3.61. The van der Waals surface area contributed by atoms with Crippen molar-refractivity contribution in [3.05, 3.63) is 71.6 Å². The number of nitrogens with zero attached hydrogens (tertiary/aromatic N) is 8. The molecule has 0 amide bonds. The van der Waals surface area contributed by atoms with E-state index in [0.29, 0.717) is 0 Å². The number of esters is 1. The van der Waals surface area contributed by atoms with Crippen LogP contribution >= 0.6 is 12.4 Å². The molecule has 0 aliphatic rings. The van der Waals surface area contributed by atoms with Gasteiger partial charge in [-0.1, -0.05) is 0 Å². The Balaban J connectivity index is 0.000000366. The fraction of sp³-hybridized carbons (Fsp3) is 0.393. The molecule has 0 saturated heterocycles. The van der Waals surface area contributed by atoms with Gasteiger partial charge in [-0.05, 0) is 32.9 Å². The Morgan fingerprint density at radius 3 is 1.27 bits per heavy atom. The molecule has 0 fully saturated rings. The molecule has 0 bridgehead atoms. The summed E-state index contributed by atoms with van der Waals surface area (Å²) in [6, 6.07) is 2.26. The van der Waals surface area contributed by atoms with Crippen molar-refractivity contribution in [1.82, 2.24) is 39.9 Å². The van der Waals surface area contributed by atoms with Crippen molar-refractivity contribution in [2.45, 2.75) is 70.5 Å². The van der Waals surface area contributed by atoms with Crippen LogP contribution in [0.25, 0.3) is 22.5 Å². The van der Waals surface area contributed by atoms with Gasteiger partial charge in [0.05, 0.1) is 23.5 Å². The lowest BCUT2D eigenvalue weighted by molar-refractivity contribution is -0.155. The molecule has 0 unspecified atom stereocenters. The molecule has 2 N–H and O–H groups in total. The number of rotatable bonds is 6. The molecule has 4 aromatic rings. The second-order valence-electron chi connectivity index (χ2n) is 11.0. The van der Waals surface area contributed by atoms with Crippen LogP contribution in [0.1, 0.15) is 61.9 Å². The molecule has 0 saturated carbocycles. The zero-order valence-corrected chi connectivity index (χ0v) is 27.3. The Bertz CT molecular complexity index is 1810. The van der Waals surface area contributed by atoms with Gasteiger partial charge in [0.15, 0.2) is 0 Å². The lowest BCUT2D eigenvalue weighted by atomic mass is 10.1. The van der Waals surface area contributed by atoms with Crippen molar-refractivity contribution in [2.75, 3.05) is 0 Å². The van der Waals surface area contributed by atoms with E-state index in [4.69, 9.17) is 10.5 Å². The minimum absolute atomic E-state index is 0. The van der Waals surface area contributed by atoms with Crippen LogP contribution in [0.2, 0.25) is 0 Å². The first-order chi connectivity index (χ1) is 23.3. The summed E-state index contributed by atoms with van der Waals surface area (Å²) in [4.78, 5) is 37.4. The van der Waals surface area contributed by atoms with Gasteiger partial charge in [-0.3, -0.25) is 4.79 Å². The number of aromatic nitrogens is 8. The molecule has 4 heterocycles. The van der Waals surface area contributed by atoms with Crippen LogP contribution < -0.4 is 5.73 Å². The van der Waals surface area contributed by atoms with Crippen molar-refractivity contribution in [2.24, 2.45) is 5.73 Å². The highest BCUT2D eigenvalue weighted by Crippen LogP contribution is 2.32.